The number of fused-ring (bicyclic) bond motifs is 1. The van der Waals surface area contributed by atoms with Crippen LogP contribution in [0, 0.1) is 5.41 Å². The zero-order chi connectivity index (χ0) is 17.4. The SMILES string of the molecule is O=C(NCC1CC2(CCNCC2)C(=O)O1)c1cn2cccc(Br)c2n1. The van der Waals surface area contributed by atoms with Gasteiger partial charge in [0.1, 0.15) is 11.8 Å². The minimum atomic E-state index is -0.366. The van der Waals surface area contributed by atoms with Crippen LogP contribution in [-0.4, -0.2) is 47.0 Å². The molecule has 2 aromatic rings. The number of amides is 1. The third-order valence-electron chi connectivity index (χ3n) is 5.04. The molecule has 1 unspecified atom stereocenters. The van der Waals surface area contributed by atoms with Crippen molar-refractivity contribution in [3.63, 3.8) is 0 Å². The molecule has 132 valence electrons. The Hall–Kier alpha value is -1.93. The van der Waals surface area contributed by atoms with E-state index in [2.05, 4.69) is 31.5 Å². The zero-order valence-corrected chi connectivity index (χ0v) is 15.2. The minimum absolute atomic E-state index is 0.120. The number of cyclic esters (lactones) is 1. The molecule has 1 amide bonds. The van der Waals surface area contributed by atoms with Gasteiger partial charge in [-0.25, -0.2) is 4.98 Å². The molecule has 0 radical (unpaired) electrons. The Morgan fingerprint density at radius 3 is 3.04 bits per heavy atom. The van der Waals surface area contributed by atoms with Crippen LogP contribution in [0.4, 0.5) is 0 Å². The lowest BCUT2D eigenvalue weighted by atomic mass is 9.76. The molecule has 4 heterocycles. The Kier molecular flexibility index (Phi) is 4.24. The molecule has 8 heteroatoms. The second-order valence-electron chi connectivity index (χ2n) is 6.68. The fraction of sp³-hybridized carbons (Fsp3) is 0.471. The molecular formula is C17H19BrN4O3. The van der Waals surface area contributed by atoms with E-state index in [-0.39, 0.29) is 23.4 Å². The topological polar surface area (TPSA) is 84.7 Å². The van der Waals surface area contributed by atoms with Crippen molar-refractivity contribution in [1.82, 2.24) is 20.0 Å². The van der Waals surface area contributed by atoms with Gasteiger partial charge in [0.25, 0.3) is 5.91 Å². The smallest absolute Gasteiger partial charge is 0.312 e. The van der Waals surface area contributed by atoms with E-state index < -0.39 is 0 Å². The van der Waals surface area contributed by atoms with Gasteiger partial charge in [0.15, 0.2) is 5.65 Å². The third-order valence-corrected chi connectivity index (χ3v) is 5.66. The molecule has 0 aromatic carbocycles. The number of piperidine rings is 1. The number of nitrogens with one attached hydrogen (secondary N) is 2. The summed E-state index contributed by atoms with van der Waals surface area (Å²) in [6, 6.07) is 3.75. The molecule has 1 atom stereocenters. The molecule has 7 nitrogen and oxygen atoms in total. The summed E-state index contributed by atoms with van der Waals surface area (Å²) in [6.07, 6.45) is 5.53. The van der Waals surface area contributed by atoms with Gasteiger partial charge in [0.2, 0.25) is 0 Å². The maximum Gasteiger partial charge on any atom is 0.312 e. The van der Waals surface area contributed by atoms with Crippen LogP contribution in [-0.2, 0) is 9.53 Å². The third kappa shape index (κ3) is 3.04. The van der Waals surface area contributed by atoms with Crippen molar-refractivity contribution in [3.8, 4) is 0 Å². The quantitative estimate of drug-likeness (QED) is 0.754. The van der Waals surface area contributed by atoms with Gasteiger partial charge in [0, 0.05) is 18.8 Å². The number of carbonyl (C=O) groups excluding carboxylic acids is 2. The van der Waals surface area contributed by atoms with Crippen molar-refractivity contribution in [2.75, 3.05) is 19.6 Å². The van der Waals surface area contributed by atoms with E-state index in [1.807, 2.05) is 18.3 Å². The van der Waals surface area contributed by atoms with E-state index in [1.165, 1.54) is 0 Å². The molecule has 25 heavy (non-hydrogen) atoms. The maximum absolute atomic E-state index is 12.4. The lowest BCUT2D eigenvalue weighted by molar-refractivity contribution is -0.149. The average Bonchev–Trinajstić information content (AvgIpc) is 3.17. The summed E-state index contributed by atoms with van der Waals surface area (Å²) in [4.78, 5) is 29.0. The van der Waals surface area contributed by atoms with Crippen LogP contribution in [0.25, 0.3) is 5.65 Å². The van der Waals surface area contributed by atoms with Crippen LogP contribution in [0.2, 0.25) is 0 Å². The average molecular weight is 407 g/mol. The number of esters is 1. The summed E-state index contributed by atoms with van der Waals surface area (Å²) < 4.78 is 8.12. The van der Waals surface area contributed by atoms with Crippen molar-refractivity contribution in [2.45, 2.75) is 25.4 Å². The molecule has 2 fully saturated rings. The number of carbonyl (C=O) groups is 2. The molecule has 0 aliphatic carbocycles. The highest BCUT2D eigenvalue weighted by Gasteiger charge is 2.49. The van der Waals surface area contributed by atoms with E-state index in [1.54, 1.807) is 10.6 Å². The van der Waals surface area contributed by atoms with E-state index >= 15 is 0 Å². The first kappa shape index (κ1) is 16.5. The molecule has 4 rings (SSSR count). The highest BCUT2D eigenvalue weighted by Crippen LogP contribution is 2.41. The summed E-state index contributed by atoms with van der Waals surface area (Å²) in [5.41, 5.74) is 0.663. The van der Waals surface area contributed by atoms with Crippen molar-refractivity contribution >= 4 is 33.5 Å². The van der Waals surface area contributed by atoms with Gasteiger partial charge in [-0.3, -0.25) is 9.59 Å². The molecule has 2 aliphatic rings. The maximum atomic E-state index is 12.4. The number of pyridine rings is 1. The number of nitrogens with zero attached hydrogens (tertiary/aromatic N) is 2. The molecule has 2 aliphatic heterocycles. The van der Waals surface area contributed by atoms with Crippen LogP contribution in [0.1, 0.15) is 29.8 Å². The Bertz CT molecular complexity index is 828. The van der Waals surface area contributed by atoms with Gasteiger partial charge in [0.05, 0.1) is 16.4 Å². The van der Waals surface area contributed by atoms with Crippen LogP contribution < -0.4 is 10.6 Å². The summed E-state index contributed by atoms with van der Waals surface area (Å²) >= 11 is 3.42. The predicted octanol–water partition coefficient (Wildman–Crippen LogP) is 1.51. The molecule has 0 saturated carbocycles. The van der Waals surface area contributed by atoms with Gasteiger partial charge < -0.3 is 19.8 Å². The molecule has 0 bridgehead atoms. The fourth-order valence-corrected chi connectivity index (χ4v) is 4.10. The number of imidazole rings is 1. The molecule has 2 N–H and O–H groups in total. The first-order valence-corrected chi connectivity index (χ1v) is 9.20. The highest BCUT2D eigenvalue weighted by molar-refractivity contribution is 9.10. The summed E-state index contributed by atoms with van der Waals surface area (Å²) in [5, 5.41) is 6.11. The van der Waals surface area contributed by atoms with E-state index in [0.29, 0.717) is 24.3 Å². The van der Waals surface area contributed by atoms with Crippen LogP contribution in [0.5, 0.6) is 0 Å². The first-order valence-electron chi connectivity index (χ1n) is 8.41. The molecule has 2 aromatic heterocycles. The largest absolute Gasteiger partial charge is 0.460 e. The Morgan fingerprint density at radius 2 is 2.28 bits per heavy atom. The van der Waals surface area contributed by atoms with E-state index in [9.17, 15) is 9.59 Å². The van der Waals surface area contributed by atoms with E-state index in [0.717, 1.165) is 30.4 Å². The second kappa shape index (κ2) is 6.42. The Labute approximate surface area is 153 Å². The van der Waals surface area contributed by atoms with Gasteiger partial charge in [-0.15, -0.1) is 0 Å². The number of hydrogen-bond donors (Lipinski definition) is 2. The van der Waals surface area contributed by atoms with Gasteiger partial charge >= 0.3 is 5.97 Å². The number of halogens is 1. The lowest BCUT2D eigenvalue weighted by Crippen LogP contribution is -2.39. The standard InChI is InChI=1S/C17H19BrN4O3/c18-12-2-1-7-22-10-13(21-14(12)22)15(23)20-9-11-8-17(16(24)25-11)3-5-19-6-4-17/h1-2,7,10-11,19H,3-6,8-9H2,(H,20,23). The summed E-state index contributed by atoms with van der Waals surface area (Å²) in [6.45, 7) is 1.99. The molecular weight excluding hydrogens is 388 g/mol. The first-order chi connectivity index (χ1) is 12.1. The van der Waals surface area contributed by atoms with Crippen molar-refractivity contribution in [1.29, 1.82) is 0 Å². The second-order valence-corrected chi connectivity index (χ2v) is 7.54. The number of rotatable bonds is 3. The van der Waals surface area contributed by atoms with E-state index in [4.69, 9.17) is 4.74 Å². The summed E-state index contributed by atoms with van der Waals surface area (Å²) in [7, 11) is 0. The van der Waals surface area contributed by atoms with Crippen LogP contribution in [0.15, 0.2) is 29.0 Å². The van der Waals surface area contributed by atoms with Crippen LogP contribution in [0.3, 0.4) is 0 Å². The number of ether oxygens (including phenoxy) is 1. The van der Waals surface area contributed by atoms with Crippen molar-refractivity contribution in [3.05, 3.63) is 34.7 Å². The highest BCUT2D eigenvalue weighted by atomic mass is 79.9. The summed E-state index contributed by atoms with van der Waals surface area (Å²) in [5.74, 6) is -0.386. The zero-order valence-electron chi connectivity index (χ0n) is 13.6. The van der Waals surface area contributed by atoms with Gasteiger partial charge in [-0.2, -0.15) is 0 Å². The van der Waals surface area contributed by atoms with Gasteiger partial charge in [-0.05, 0) is 54.0 Å². The predicted molar refractivity (Wildman–Crippen MR) is 94.3 cm³/mol. The monoisotopic (exact) mass is 406 g/mol. The molecule has 2 saturated heterocycles. The fourth-order valence-electron chi connectivity index (χ4n) is 3.65. The number of hydrogen-bond acceptors (Lipinski definition) is 5. The minimum Gasteiger partial charge on any atom is -0.460 e. The van der Waals surface area contributed by atoms with Crippen LogP contribution >= 0.6 is 15.9 Å². The normalized spacial score (nSPS) is 22.3. The lowest BCUT2D eigenvalue weighted by Gasteiger charge is -2.29. The number of aromatic nitrogens is 2. The van der Waals surface area contributed by atoms with Crippen molar-refractivity contribution < 1.29 is 14.3 Å². The van der Waals surface area contributed by atoms with Crippen molar-refractivity contribution in [2.24, 2.45) is 5.41 Å². The van der Waals surface area contributed by atoms with Gasteiger partial charge in [-0.1, -0.05) is 0 Å². The molecule has 1 spiro atoms. The Balaban J connectivity index is 1.40. The Morgan fingerprint density at radius 1 is 1.48 bits per heavy atom.